The molecule has 0 unspecified atom stereocenters. The number of benzene rings is 2. The molecule has 0 spiro atoms. The zero-order valence-electron chi connectivity index (χ0n) is 18.6. The summed E-state index contributed by atoms with van der Waals surface area (Å²) in [6.07, 6.45) is -4.84. The van der Waals surface area contributed by atoms with Crippen LogP contribution in [-0.2, 0) is 0 Å². The van der Waals surface area contributed by atoms with Crippen molar-refractivity contribution >= 4 is 17.4 Å². The number of nitrogens with one attached hydrogen (secondary N) is 2. The Balaban J connectivity index is 1.64. The van der Waals surface area contributed by atoms with Crippen molar-refractivity contribution in [3.05, 3.63) is 59.8 Å². The summed E-state index contributed by atoms with van der Waals surface area (Å²) in [6, 6.07) is 10.4. The van der Waals surface area contributed by atoms with Crippen LogP contribution in [0.2, 0.25) is 0 Å². The van der Waals surface area contributed by atoms with Gasteiger partial charge in [0.2, 0.25) is 0 Å². The molecule has 34 heavy (non-hydrogen) atoms. The number of methoxy groups -OCH3 is 3. The van der Waals surface area contributed by atoms with Gasteiger partial charge in [-0.05, 0) is 29.8 Å². The Hall–Kier alpha value is -3.89. The van der Waals surface area contributed by atoms with Crippen LogP contribution in [0.4, 0.5) is 24.7 Å². The Morgan fingerprint density at radius 1 is 1.03 bits per heavy atom. The molecule has 3 aromatic rings. The highest BCUT2D eigenvalue weighted by Gasteiger charge is 2.46. The molecular formula is C23H23F3N4O4. The summed E-state index contributed by atoms with van der Waals surface area (Å²) in [6.45, 7) is 0. The molecule has 0 saturated heterocycles. The van der Waals surface area contributed by atoms with Crippen molar-refractivity contribution < 1.29 is 32.2 Å². The van der Waals surface area contributed by atoms with Crippen LogP contribution in [0.1, 0.15) is 34.6 Å². The summed E-state index contributed by atoms with van der Waals surface area (Å²) in [4.78, 5) is 12.9. The highest BCUT2D eigenvalue weighted by molar-refractivity contribution is 6.04. The molecule has 11 heteroatoms. The lowest BCUT2D eigenvalue weighted by Crippen LogP contribution is -2.35. The van der Waals surface area contributed by atoms with Crippen LogP contribution in [-0.4, -0.2) is 43.2 Å². The van der Waals surface area contributed by atoms with Gasteiger partial charge in [0, 0.05) is 18.6 Å². The number of carbonyl (C=O) groups excluding carboxylic acids is 1. The van der Waals surface area contributed by atoms with E-state index in [-0.39, 0.29) is 17.9 Å². The SMILES string of the molecule is COc1ccc([C@H]2C[C@@H](C(F)(F)F)n3nc(C(=O)Nc4cc(OC)ccc4OC)cc3N2)cc1. The molecule has 1 aliphatic heterocycles. The molecule has 8 nitrogen and oxygen atoms in total. The standard InChI is InChI=1S/C23H23F3N4O4/c1-32-14-6-4-13(5-7-14)16-11-20(23(24,25)26)30-21(27-16)12-18(29-30)22(31)28-17-10-15(33-2)8-9-19(17)34-3/h4-10,12,16,20,27H,11H2,1-3H3,(H,28,31)/t16-,20+/m1/s1. The van der Waals surface area contributed by atoms with Crippen LogP contribution in [0.15, 0.2) is 48.5 Å². The topological polar surface area (TPSA) is 86.6 Å². The van der Waals surface area contributed by atoms with E-state index in [4.69, 9.17) is 14.2 Å². The summed E-state index contributed by atoms with van der Waals surface area (Å²) in [5, 5.41) is 9.67. The summed E-state index contributed by atoms with van der Waals surface area (Å²) < 4.78 is 58.1. The molecule has 1 amide bonds. The molecule has 2 heterocycles. The Morgan fingerprint density at radius 3 is 2.32 bits per heavy atom. The first-order chi connectivity index (χ1) is 16.2. The molecule has 2 aromatic carbocycles. The molecule has 1 aliphatic rings. The maximum absolute atomic E-state index is 13.9. The monoisotopic (exact) mass is 476 g/mol. The molecule has 2 atom stereocenters. The highest BCUT2D eigenvalue weighted by atomic mass is 19.4. The Morgan fingerprint density at radius 2 is 1.71 bits per heavy atom. The normalized spacial score (nSPS) is 17.4. The molecule has 0 bridgehead atoms. The molecule has 0 aliphatic carbocycles. The minimum Gasteiger partial charge on any atom is -0.497 e. The average Bonchev–Trinajstić information content (AvgIpc) is 3.27. The number of rotatable bonds is 6. The first-order valence-electron chi connectivity index (χ1n) is 10.3. The van der Waals surface area contributed by atoms with Gasteiger partial charge < -0.3 is 24.8 Å². The van der Waals surface area contributed by atoms with E-state index in [9.17, 15) is 18.0 Å². The lowest BCUT2D eigenvalue weighted by atomic mass is 9.97. The van der Waals surface area contributed by atoms with Gasteiger partial charge in [0.05, 0.1) is 33.1 Å². The van der Waals surface area contributed by atoms with Gasteiger partial charge in [-0.3, -0.25) is 4.79 Å². The van der Waals surface area contributed by atoms with Gasteiger partial charge in [-0.15, -0.1) is 0 Å². The molecule has 2 N–H and O–H groups in total. The second kappa shape index (κ2) is 9.16. The van der Waals surface area contributed by atoms with Crippen molar-refractivity contribution in [2.24, 2.45) is 0 Å². The van der Waals surface area contributed by atoms with E-state index in [0.29, 0.717) is 28.5 Å². The fourth-order valence-electron chi connectivity index (χ4n) is 3.84. The quantitative estimate of drug-likeness (QED) is 0.531. The van der Waals surface area contributed by atoms with Crippen LogP contribution in [0.5, 0.6) is 17.2 Å². The third kappa shape index (κ3) is 4.59. The van der Waals surface area contributed by atoms with Crippen molar-refractivity contribution in [2.45, 2.75) is 24.7 Å². The largest absolute Gasteiger partial charge is 0.497 e. The van der Waals surface area contributed by atoms with Crippen LogP contribution in [0, 0.1) is 0 Å². The Kier molecular flexibility index (Phi) is 6.27. The highest BCUT2D eigenvalue weighted by Crippen LogP contribution is 2.44. The van der Waals surface area contributed by atoms with Gasteiger partial charge in [0.1, 0.15) is 23.1 Å². The molecule has 1 aromatic heterocycles. The van der Waals surface area contributed by atoms with Gasteiger partial charge >= 0.3 is 6.18 Å². The number of anilines is 2. The Bertz CT molecular complexity index is 1180. The van der Waals surface area contributed by atoms with Gasteiger partial charge in [-0.25, -0.2) is 4.68 Å². The predicted molar refractivity (Wildman–Crippen MR) is 119 cm³/mol. The van der Waals surface area contributed by atoms with E-state index in [0.717, 1.165) is 4.68 Å². The second-order valence-corrected chi connectivity index (χ2v) is 7.64. The Labute approximate surface area is 193 Å². The number of hydrogen-bond acceptors (Lipinski definition) is 6. The fraction of sp³-hybridized carbons (Fsp3) is 0.304. The minimum absolute atomic E-state index is 0.0946. The number of amides is 1. The number of aromatic nitrogens is 2. The number of alkyl halides is 3. The summed E-state index contributed by atoms with van der Waals surface area (Å²) in [7, 11) is 4.42. The molecule has 4 rings (SSSR count). The van der Waals surface area contributed by atoms with Crippen LogP contribution in [0.25, 0.3) is 0 Å². The number of halogens is 3. The number of nitrogens with zero attached hydrogens (tertiary/aromatic N) is 2. The first kappa shape index (κ1) is 23.3. The van der Waals surface area contributed by atoms with Crippen molar-refractivity contribution in [3.63, 3.8) is 0 Å². The van der Waals surface area contributed by atoms with Crippen molar-refractivity contribution in [1.29, 1.82) is 0 Å². The van der Waals surface area contributed by atoms with E-state index < -0.39 is 24.2 Å². The van der Waals surface area contributed by atoms with Crippen molar-refractivity contribution in [1.82, 2.24) is 9.78 Å². The predicted octanol–water partition coefficient (Wildman–Crippen LogP) is 4.82. The fourth-order valence-corrected chi connectivity index (χ4v) is 3.84. The van der Waals surface area contributed by atoms with E-state index >= 15 is 0 Å². The third-order valence-electron chi connectivity index (χ3n) is 5.60. The lowest BCUT2D eigenvalue weighted by Gasteiger charge is -2.33. The number of hydrogen-bond donors (Lipinski definition) is 2. The third-order valence-corrected chi connectivity index (χ3v) is 5.60. The maximum atomic E-state index is 13.9. The van der Waals surface area contributed by atoms with Gasteiger partial charge in [0.25, 0.3) is 5.91 Å². The smallest absolute Gasteiger partial charge is 0.410 e. The second-order valence-electron chi connectivity index (χ2n) is 7.64. The summed E-state index contributed by atoms with van der Waals surface area (Å²) in [5.74, 6) is 0.851. The minimum atomic E-state index is -4.56. The van der Waals surface area contributed by atoms with Gasteiger partial charge in [0.15, 0.2) is 11.7 Å². The van der Waals surface area contributed by atoms with Crippen molar-refractivity contribution in [3.8, 4) is 17.2 Å². The molecule has 0 radical (unpaired) electrons. The van der Waals surface area contributed by atoms with Crippen LogP contribution in [0.3, 0.4) is 0 Å². The number of fused-ring (bicyclic) bond motifs is 1. The summed E-state index contributed by atoms with van der Waals surface area (Å²) >= 11 is 0. The lowest BCUT2D eigenvalue weighted by molar-refractivity contribution is -0.173. The van der Waals surface area contributed by atoms with E-state index in [1.165, 1.54) is 27.4 Å². The van der Waals surface area contributed by atoms with Crippen molar-refractivity contribution in [2.75, 3.05) is 32.0 Å². The van der Waals surface area contributed by atoms with E-state index in [2.05, 4.69) is 15.7 Å². The zero-order valence-corrected chi connectivity index (χ0v) is 18.6. The maximum Gasteiger partial charge on any atom is 0.410 e. The molecular weight excluding hydrogens is 453 g/mol. The number of carbonyl (C=O) groups is 1. The van der Waals surface area contributed by atoms with E-state index in [1.54, 1.807) is 42.5 Å². The average molecular weight is 476 g/mol. The first-order valence-corrected chi connectivity index (χ1v) is 10.3. The van der Waals surface area contributed by atoms with Gasteiger partial charge in [-0.1, -0.05) is 12.1 Å². The van der Waals surface area contributed by atoms with E-state index in [1.807, 2.05) is 0 Å². The molecule has 0 saturated carbocycles. The van der Waals surface area contributed by atoms with Crippen LogP contribution >= 0.6 is 0 Å². The molecule has 180 valence electrons. The van der Waals surface area contributed by atoms with Crippen LogP contribution < -0.4 is 24.8 Å². The number of ether oxygens (including phenoxy) is 3. The zero-order chi connectivity index (χ0) is 24.5. The van der Waals surface area contributed by atoms with Gasteiger partial charge in [-0.2, -0.15) is 18.3 Å². The summed E-state index contributed by atoms with van der Waals surface area (Å²) in [5.41, 5.74) is 0.792. The molecule has 0 fully saturated rings.